The van der Waals surface area contributed by atoms with E-state index in [1.165, 1.54) is 0 Å². The molecule has 0 aromatic rings. The molecule has 1 heterocycles. The zero-order valence-corrected chi connectivity index (χ0v) is 12.3. The number of ether oxygens (including phenoxy) is 1. The van der Waals surface area contributed by atoms with Gasteiger partial charge in [0.05, 0.1) is 0 Å². The SMILES string of the molecule is CC(C)(C)OC(=O)CN(CCN1C(=O)C=CC1=O)C(N)=O. The summed E-state index contributed by atoms with van der Waals surface area (Å²) in [5.74, 6) is -1.53. The highest BCUT2D eigenvalue weighted by atomic mass is 16.6. The number of nitrogens with zero attached hydrogens (tertiary/aromatic N) is 2. The minimum absolute atomic E-state index is 0.0313. The van der Waals surface area contributed by atoms with Gasteiger partial charge in [-0.15, -0.1) is 0 Å². The zero-order chi connectivity index (χ0) is 16.2. The Hall–Kier alpha value is -2.38. The highest BCUT2D eigenvalue weighted by Crippen LogP contribution is 2.08. The first-order valence-corrected chi connectivity index (χ1v) is 6.40. The van der Waals surface area contributed by atoms with Gasteiger partial charge in [-0.25, -0.2) is 4.79 Å². The molecule has 0 aliphatic carbocycles. The van der Waals surface area contributed by atoms with E-state index in [2.05, 4.69) is 0 Å². The van der Waals surface area contributed by atoms with E-state index in [1.807, 2.05) is 0 Å². The van der Waals surface area contributed by atoms with Crippen LogP contribution in [0.4, 0.5) is 4.79 Å². The number of imide groups is 1. The zero-order valence-electron chi connectivity index (χ0n) is 12.3. The second kappa shape index (κ2) is 6.38. The van der Waals surface area contributed by atoms with Gasteiger partial charge in [0, 0.05) is 25.2 Å². The largest absolute Gasteiger partial charge is 0.459 e. The number of esters is 1. The third-order valence-corrected chi connectivity index (χ3v) is 2.55. The molecule has 4 amide bonds. The average molecular weight is 297 g/mol. The normalized spacial score (nSPS) is 14.5. The number of rotatable bonds is 5. The van der Waals surface area contributed by atoms with E-state index in [-0.39, 0.29) is 19.6 Å². The lowest BCUT2D eigenvalue weighted by Gasteiger charge is -2.25. The van der Waals surface area contributed by atoms with Crippen LogP contribution in [0, 0.1) is 0 Å². The van der Waals surface area contributed by atoms with E-state index in [0.29, 0.717) is 0 Å². The molecule has 0 spiro atoms. The molecule has 0 fully saturated rings. The molecule has 0 aromatic heterocycles. The average Bonchev–Trinajstić information content (AvgIpc) is 2.62. The smallest absolute Gasteiger partial charge is 0.326 e. The van der Waals surface area contributed by atoms with Gasteiger partial charge >= 0.3 is 12.0 Å². The highest BCUT2D eigenvalue weighted by Gasteiger charge is 2.26. The number of carbonyl (C=O) groups is 4. The van der Waals surface area contributed by atoms with Crippen LogP contribution in [-0.2, 0) is 19.1 Å². The molecule has 2 N–H and O–H groups in total. The number of amides is 4. The monoisotopic (exact) mass is 297 g/mol. The minimum atomic E-state index is -0.826. The van der Waals surface area contributed by atoms with Crippen LogP contribution in [0.3, 0.4) is 0 Å². The number of nitrogens with two attached hydrogens (primary N) is 1. The maximum absolute atomic E-state index is 11.7. The van der Waals surface area contributed by atoms with Gasteiger partial charge in [0.15, 0.2) is 0 Å². The second-order valence-corrected chi connectivity index (χ2v) is 5.51. The molecule has 0 atom stereocenters. The van der Waals surface area contributed by atoms with E-state index >= 15 is 0 Å². The Morgan fingerprint density at radius 3 is 2.19 bits per heavy atom. The van der Waals surface area contributed by atoms with Crippen molar-refractivity contribution in [2.45, 2.75) is 26.4 Å². The van der Waals surface area contributed by atoms with Crippen molar-refractivity contribution in [3.8, 4) is 0 Å². The molecule has 0 radical (unpaired) electrons. The van der Waals surface area contributed by atoms with Crippen LogP contribution in [0.5, 0.6) is 0 Å². The topological polar surface area (TPSA) is 110 Å². The summed E-state index contributed by atoms with van der Waals surface area (Å²) in [6.07, 6.45) is 2.29. The fourth-order valence-electron chi connectivity index (χ4n) is 1.67. The molecule has 1 aliphatic heterocycles. The summed E-state index contributed by atoms with van der Waals surface area (Å²) in [5.41, 5.74) is 4.50. The predicted octanol–water partition coefficient (Wildman–Crippen LogP) is -0.366. The van der Waals surface area contributed by atoms with Gasteiger partial charge in [-0.1, -0.05) is 0 Å². The lowest BCUT2D eigenvalue weighted by Crippen LogP contribution is -2.46. The Kier molecular flexibility index (Phi) is 5.07. The van der Waals surface area contributed by atoms with Gasteiger partial charge in [-0.2, -0.15) is 0 Å². The van der Waals surface area contributed by atoms with Gasteiger partial charge < -0.3 is 15.4 Å². The molecule has 8 nitrogen and oxygen atoms in total. The van der Waals surface area contributed by atoms with Crippen molar-refractivity contribution in [1.82, 2.24) is 9.80 Å². The molecular weight excluding hydrogens is 278 g/mol. The predicted molar refractivity (Wildman–Crippen MR) is 72.9 cm³/mol. The number of hydrogen-bond donors (Lipinski definition) is 1. The summed E-state index contributed by atoms with van der Waals surface area (Å²) in [4.78, 5) is 47.7. The fourth-order valence-corrected chi connectivity index (χ4v) is 1.67. The Morgan fingerprint density at radius 2 is 1.76 bits per heavy atom. The van der Waals surface area contributed by atoms with Crippen molar-refractivity contribution in [3.63, 3.8) is 0 Å². The van der Waals surface area contributed by atoms with Gasteiger partial charge in [0.2, 0.25) is 0 Å². The summed E-state index contributed by atoms with van der Waals surface area (Å²) >= 11 is 0. The molecule has 1 rings (SSSR count). The Balaban J connectivity index is 2.55. The number of hydrogen-bond acceptors (Lipinski definition) is 5. The summed E-state index contributed by atoms with van der Waals surface area (Å²) < 4.78 is 5.08. The summed E-state index contributed by atoms with van der Waals surface area (Å²) in [7, 11) is 0. The standard InChI is InChI=1S/C13H19N3O5/c1-13(2,3)21-11(19)8-15(12(14)20)6-7-16-9(17)4-5-10(16)18/h4-5H,6-8H2,1-3H3,(H2,14,20). The first-order valence-electron chi connectivity index (χ1n) is 6.40. The third kappa shape index (κ3) is 5.25. The van der Waals surface area contributed by atoms with Gasteiger partial charge in [0.25, 0.3) is 11.8 Å². The van der Waals surface area contributed by atoms with Crippen molar-refractivity contribution in [2.24, 2.45) is 5.73 Å². The van der Waals surface area contributed by atoms with Gasteiger partial charge in [0.1, 0.15) is 12.1 Å². The van der Waals surface area contributed by atoms with Crippen molar-refractivity contribution < 1.29 is 23.9 Å². The van der Waals surface area contributed by atoms with Crippen molar-refractivity contribution in [2.75, 3.05) is 19.6 Å². The van der Waals surface area contributed by atoms with Crippen molar-refractivity contribution >= 4 is 23.8 Å². The minimum Gasteiger partial charge on any atom is -0.459 e. The lowest BCUT2D eigenvalue weighted by molar-refractivity contribution is -0.155. The van der Waals surface area contributed by atoms with Crippen LogP contribution in [0.1, 0.15) is 20.8 Å². The Labute approximate surface area is 122 Å². The van der Waals surface area contributed by atoms with Crippen LogP contribution < -0.4 is 5.73 Å². The summed E-state index contributed by atoms with van der Waals surface area (Å²) in [5, 5.41) is 0. The van der Waals surface area contributed by atoms with E-state index in [4.69, 9.17) is 10.5 Å². The second-order valence-electron chi connectivity index (χ2n) is 5.51. The van der Waals surface area contributed by atoms with Crippen LogP contribution in [0.25, 0.3) is 0 Å². The molecular formula is C13H19N3O5. The van der Waals surface area contributed by atoms with Crippen molar-refractivity contribution in [1.29, 1.82) is 0 Å². The van der Waals surface area contributed by atoms with Crippen molar-refractivity contribution in [3.05, 3.63) is 12.2 Å². The number of carbonyl (C=O) groups excluding carboxylic acids is 4. The molecule has 0 saturated heterocycles. The molecule has 0 aromatic carbocycles. The first kappa shape index (κ1) is 16.7. The third-order valence-electron chi connectivity index (χ3n) is 2.55. The number of primary amides is 1. The first-order chi connectivity index (χ1) is 9.60. The maximum Gasteiger partial charge on any atom is 0.326 e. The molecule has 1 aliphatic rings. The summed E-state index contributed by atoms with van der Waals surface area (Å²) in [6.45, 7) is 4.70. The molecule has 0 bridgehead atoms. The van der Waals surface area contributed by atoms with E-state index < -0.39 is 29.4 Å². The van der Waals surface area contributed by atoms with Gasteiger partial charge in [-0.05, 0) is 20.8 Å². The molecule has 21 heavy (non-hydrogen) atoms. The molecule has 8 heteroatoms. The van der Waals surface area contributed by atoms with Crippen LogP contribution in [0.2, 0.25) is 0 Å². The number of urea groups is 1. The Bertz CT molecular complexity index is 475. The van der Waals surface area contributed by atoms with Crippen LogP contribution in [0.15, 0.2) is 12.2 Å². The highest BCUT2D eigenvalue weighted by molar-refractivity contribution is 6.12. The van der Waals surface area contributed by atoms with Gasteiger partial charge in [-0.3, -0.25) is 19.3 Å². The lowest BCUT2D eigenvalue weighted by atomic mass is 10.2. The molecule has 0 unspecified atom stereocenters. The van der Waals surface area contributed by atoms with Crippen LogP contribution in [-0.4, -0.2) is 58.8 Å². The quantitative estimate of drug-likeness (QED) is 0.550. The fraction of sp³-hybridized carbons (Fsp3) is 0.538. The van der Waals surface area contributed by atoms with E-state index in [0.717, 1.165) is 22.0 Å². The van der Waals surface area contributed by atoms with E-state index in [9.17, 15) is 19.2 Å². The van der Waals surface area contributed by atoms with E-state index in [1.54, 1.807) is 20.8 Å². The maximum atomic E-state index is 11.7. The van der Waals surface area contributed by atoms with Crippen LogP contribution >= 0.6 is 0 Å². The molecule has 116 valence electrons. The summed E-state index contributed by atoms with van der Waals surface area (Å²) in [6, 6.07) is -0.826. The Morgan fingerprint density at radius 1 is 1.24 bits per heavy atom. The molecule has 0 saturated carbocycles.